The molecule has 0 saturated carbocycles. The van der Waals surface area contributed by atoms with Gasteiger partial charge in [-0.15, -0.1) is 11.3 Å². The number of ether oxygens (including phenoxy) is 1. The molecule has 0 fully saturated rings. The minimum Gasteiger partial charge on any atom is -0.493 e. The average Bonchev–Trinajstić information content (AvgIpc) is 2.76. The number of hydrogen-bond donors (Lipinski definition) is 1. The summed E-state index contributed by atoms with van der Waals surface area (Å²) >= 11 is 1.60. The molecule has 2 aromatic rings. The van der Waals surface area contributed by atoms with Crippen molar-refractivity contribution in [3.8, 4) is 5.75 Å². The molecule has 112 valence electrons. The molecule has 1 heterocycles. The fraction of sp³-hybridized carbons (Fsp3) is 0.375. The lowest BCUT2D eigenvalue weighted by Crippen LogP contribution is -2.06. The van der Waals surface area contributed by atoms with Gasteiger partial charge in [0, 0.05) is 10.4 Å². The van der Waals surface area contributed by atoms with Gasteiger partial charge in [-0.05, 0) is 31.9 Å². The maximum absolute atomic E-state index is 5.79. The summed E-state index contributed by atoms with van der Waals surface area (Å²) in [5.74, 6) is 1.35. The SMILES string of the molecule is Cc1nc(N/N=C\c2ccccc2OCC(C)C)sc1C. The normalized spacial score (nSPS) is 11.3. The van der Waals surface area contributed by atoms with E-state index in [1.54, 1.807) is 17.6 Å². The Kier molecular flexibility index (Phi) is 5.33. The highest BCUT2D eigenvalue weighted by molar-refractivity contribution is 7.15. The molecule has 0 spiro atoms. The molecule has 0 bridgehead atoms. The molecule has 0 aliphatic heterocycles. The van der Waals surface area contributed by atoms with Gasteiger partial charge in [0.05, 0.1) is 18.5 Å². The summed E-state index contributed by atoms with van der Waals surface area (Å²) in [6.45, 7) is 9.01. The summed E-state index contributed by atoms with van der Waals surface area (Å²) < 4.78 is 5.79. The second-order valence-corrected chi connectivity index (χ2v) is 6.48. The molecule has 1 aromatic carbocycles. The van der Waals surface area contributed by atoms with Crippen molar-refractivity contribution >= 4 is 22.7 Å². The van der Waals surface area contributed by atoms with E-state index in [1.807, 2.05) is 31.2 Å². The van der Waals surface area contributed by atoms with Crippen LogP contribution in [0.2, 0.25) is 0 Å². The number of aryl methyl sites for hydroxylation is 2. The van der Waals surface area contributed by atoms with E-state index < -0.39 is 0 Å². The van der Waals surface area contributed by atoms with Crippen LogP contribution in [0.5, 0.6) is 5.75 Å². The van der Waals surface area contributed by atoms with Crippen molar-refractivity contribution in [2.75, 3.05) is 12.0 Å². The molecule has 1 N–H and O–H groups in total. The standard InChI is InChI=1S/C16H21N3OS/c1-11(2)10-20-15-8-6-5-7-14(15)9-17-19-16-18-12(3)13(4)21-16/h5-9,11H,10H2,1-4H3,(H,18,19)/b17-9-. The Bertz CT molecular complexity index is 600. The van der Waals surface area contributed by atoms with Gasteiger partial charge in [0.2, 0.25) is 5.13 Å². The van der Waals surface area contributed by atoms with Gasteiger partial charge in [-0.25, -0.2) is 4.98 Å². The minimum absolute atomic E-state index is 0.495. The maximum Gasteiger partial charge on any atom is 0.203 e. The van der Waals surface area contributed by atoms with Gasteiger partial charge in [0.15, 0.2) is 0 Å². The molecular formula is C16H21N3OS. The van der Waals surface area contributed by atoms with Gasteiger partial charge in [-0.2, -0.15) is 5.10 Å². The molecule has 0 atom stereocenters. The molecule has 21 heavy (non-hydrogen) atoms. The Labute approximate surface area is 129 Å². The molecular weight excluding hydrogens is 282 g/mol. The number of nitrogens with zero attached hydrogens (tertiary/aromatic N) is 2. The molecule has 5 heteroatoms. The third-order valence-corrected chi connectivity index (χ3v) is 3.86. The van der Waals surface area contributed by atoms with Crippen LogP contribution in [0, 0.1) is 19.8 Å². The first-order chi connectivity index (χ1) is 10.1. The zero-order chi connectivity index (χ0) is 15.2. The molecule has 1 aromatic heterocycles. The van der Waals surface area contributed by atoms with Crippen LogP contribution in [0.4, 0.5) is 5.13 Å². The number of rotatable bonds is 6. The summed E-state index contributed by atoms with van der Waals surface area (Å²) in [6.07, 6.45) is 1.77. The van der Waals surface area contributed by atoms with Gasteiger partial charge >= 0.3 is 0 Å². The predicted octanol–water partition coefficient (Wildman–Crippen LogP) is 4.24. The van der Waals surface area contributed by atoms with Crippen molar-refractivity contribution < 1.29 is 4.74 Å². The Morgan fingerprint density at radius 1 is 1.33 bits per heavy atom. The average molecular weight is 303 g/mol. The third kappa shape index (κ3) is 4.56. The van der Waals surface area contributed by atoms with E-state index in [9.17, 15) is 0 Å². The first-order valence-electron chi connectivity index (χ1n) is 7.01. The number of nitrogens with one attached hydrogen (secondary N) is 1. The van der Waals surface area contributed by atoms with E-state index >= 15 is 0 Å². The summed E-state index contributed by atoms with van der Waals surface area (Å²) in [5, 5.41) is 5.05. The largest absolute Gasteiger partial charge is 0.493 e. The van der Waals surface area contributed by atoms with Gasteiger partial charge < -0.3 is 4.74 Å². The topological polar surface area (TPSA) is 46.5 Å². The Hall–Kier alpha value is -1.88. The Morgan fingerprint density at radius 3 is 2.76 bits per heavy atom. The third-order valence-electron chi connectivity index (χ3n) is 2.88. The lowest BCUT2D eigenvalue weighted by molar-refractivity contribution is 0.271. The van der Waals surface area contributed by atoms with Crippen LogP contribution in [0.3, 0.4) is 0 Å². The van der Waals surface area contributed by atoms with E-state index in [2.05, 4.69) is 36.3 Å². The molecule has 0 radical (unpaired) electrons. The van der Waals surface area contributed by atoms with E-state index in [0.29, 0.717) is 12.5 Å². The van der Waals surface area contributed by atoms with Gasteiger partial charge in [0.1, 0.15) is 5.75 Å². The molecule has 0 aliphatic carbocycles. The number of para-hydroxylation sites is 1. The van der Waals surface area contributed by atoms with Crippen molar-refractivity contribution in [1.29, 1.82) is 0 Å². The Morgan fingerprint density at radius 2 is 2.10 bits per heavy atom. The quantitative estimate of drug-likeness (QED) is 0.641. The maximum atomic E-state index is 5.79. The van der Waals surface area contributed by atoms with Crippen LogP contribution in [-0.4, -0.2) is 17.8 Å². The molecule has 0 amide bonds. The van der Waals surface area contributed by atoms with E-state index in [-0.39, 0.29) is 0 Å². The number of thiazole rings is 1. The number of benzene rings is 1. The number of aromatic nitrogens is 1. The van der Waals surface area contributed by atoms with Crippen LogP contribution in [0.25, 0.3) is 0 Å². The van der Waals surface area contributed by atoms with Crippen molar-refractivity contribution in [2.24, 2.45) is 11.0 Å². The summed E-state index contributed by atoms with van der Waals surface area (Å²) in [4.78, 5) is 5.59. The lowest BCUT2D eigenvalue weighted by Gasteiger charge is -2.10. The molecule has 0 aliphatic rings. The fourth-order valence-electron chi connectivity index (χ4n) is 1.65. The predicted molar refractivity (Wildman–Crippen MR) is 89.6 cm³/mol. The fourth-order valence-corrected chi connectivity index (χ4v) is 2.42. The highest BCUT2D eigenvalue weighted by Gasteiger charge is 2.03. The first-order valence-corrected chi connectivity index (χ1v) is 7.83. The van der Waals surface area contributed by atoms with Crippen molar-refractivity contribution in [1.82, 2.24) is 4.98 Å². The van der Waals surface area contributed by atoms with Crippen LogP contribution >= 0.6 is 11.3 Å². The van der Waals surface area contributed by atoms with Crippen LogP contribution in [-0.2, 0) is 0 Å². The zero-order valence-electron chi connectivity index (χ0n) is 12.9. The monoisotopic (exact) mass is 303 g/mol. The smallest absolute Gasteiger partial charge is 0.203 e. The zero-order valence-corrected chi connectivity index (χ0v) is 13.7. The van der Waals surface area contributed by atoms with Crippen molar-refractivity contribution in [2.45, 2.75) is 27.7 Å². The lowest BCUT2D eigenvalue weighted by atomic mass is 10.2. The van der Waals surface area contributed by atoms with Crippen molar-refractivity contribution in [3.05, 3.63) is 40.4 Å². The first kappa shape index (κ1) is 15.5. The summed E-state index contributed by atoms with van der Waals surface area (Å²) in [5.41, 5.74) is 4.96. The van der Waals surface area contributed by atoms with Gasteiger partial charge in [-0.1, -0.05) is 26.0 Å². The summed E-state index contributed by atoms with van der Waals surface area (Å²) in [6, 6.07) is 7.88. The van der Waals surface area contributed by atoms with Gasteiger partial charge in [0.25, 0.3) is 0 Å². The van der Waals surface area contributed by atoms with E-state index in [1.165, 1.54) is 4.88 Å². The van der Waals surface area contributed by atoms with Crippen LogP contribution < -0.4 is 10.2 Å². The molecule has 4 nitrogen and oxygen atoms in total. The number of hydrogen-bond acceptors (Lipinski definition) is 5. The Balaban J connectivity index is 2.03. The van der Waals surface area contributed by atoms with Gasteiger partial charge in [-0.3, -0.25) is 5.43 Å². The number of anilines is 1. The second-order valence-electron chi connectivity index (χ2n) is 5.27. The summed E-state index contributed by atoms with van der Waals surface area (Å²) in [7, 11) is 0. The minimum atomic E-state index is 0.495. The highest BCUT2D eigenvalue weighted by atomic mass is 32.1. The van der Waals surface area contributed by atoms with E-state index in [4.69, 9.17) is 4.74 Å². The van der Waals surface area contributed by atoms with Crippen LogP contribution in [0.1, 0.15) is 30.0 Å². The molecule has 0 unspecified atom stereocenters. The van der Waals surface area contributed by atoms with Crippen LogP contribution in [0.15, 0.2) is 29.4 Å². The molecule has 2 rings (SSSR count). The molecule has 0 saturated heterocycles. The number of hydrazone groups is 1. The van der Waals surface area contributed by atoms with Crippen molar-refractivity contribution in [3.63, 3.8) is 0 Å². The van der Waals surface area contributed by atoms with E-state index in [0.717, 1.165) is 22.1 Å². The highest BCUT2D eigenvalue weighted by Crippen LogP contribution is 2.21. The second kappa shape index (κ2) is 7.22.